The maximum Gasteiger partial charge on any atom is 0.315 e. The molecule has 3 aliphatic rings. The highest BCUT2D eigenvalue weighted by molar-refractivity contribution is 6.01. The molecule has 17 heteroatoms. The lowest BCUT2D eigenvalue weighted by atomic mass is 9.75. The van der Waals surface area contributed by atoms with Crippen molar-refractivity contribution in [2.45, 2.75) is 89.8 Å². The summed E-state index contributed by atoms with van der Waals surface area (Å²) < 4.78 is 5.22. The topological polar surface area (TPSA) is 221 Å². The van der Waals surface area contributed by atoms with Crippen molar-refractivity contribution in [2.24, 2.45) is 0 Å². The normalized spacial score (nSPS) is 19.6. The first-order valence-electron chi connectivity index (χ1n) is 20.9. The summed E-state index contributed by atoms with van der Waals surface area (Å²) in [5.74, 6) is 1.44. The lowest BCUT2D eigenvalue weighted by molar-refractivity contribution is -0.133. The van der Waals surface area contributed by atoms with E-state index in [2.05, 4.69) is 75.4 Å². The van der Waals surface area contributed by atoms with Crippen LogP contribution >= 0.6 is 0 Å². The zero-order valence-electron chi connectivity index (χ0n) is 35.6. The van der Waals surface area contributed by atoms with Crippen LogP contribution in [-0.4, -0.2) is 97.6 Å². The second kappa shape index (κ2) is 18.9. The number of rotatable bonds is 11. The number of nitrogens with one attached hydrogen (secondary N) is 4. The molecule has 8 rings (SSSR count). The highest BCUT2D eigenvalue weighted by Gasteiger charge is 2.36. The second-order valence-corrected chi connectivity index (χ2v) is 17.0. The van der Waals surface area contributed by atoms with Crippen LogP contribution in [0.4, 0.5) is 23.0 Å². The van der Waals surface area contributed by atoms with Gasteiger partial charge < -0.3 is 30.5 Å². The minimum atomic E-state index is -0.414. The summed E-state index contributed by atoms with van der Waals surface area (Å²) in [5.41, 5.74) is 6.68. The van der Waals surface area contributed by atoms with E-state index in [4.69, 9.17) is 19.4 Å². The fourth-order valence-corrected chi connectivity index (χ4v) is 8.03. The van der Waals surface area contributed by atoms with Gasteiger partial charge in [0.25, 0.3) is 6.47 Å². The van der Waals surface area contributed by atoms with Crippen LogP contribution in [-0.2, 0) is 19.8 Å². The third-order valence-corrected chi connectivity index (χ3v) is 11.6. The van der Waals surface area contributed by atoms with Crippen molar-refractivity contribution in [3.8, 4) is 11.3 Å². The third-order valence-electron chi connectivity index (χ3n) is 11.6. The number of piperidine rings is 1. The van der Waals surface area contributed by atoms with E-state index >= 15 is 0 Å². The average Bonchev–Trinajstić information content (AvgIpc) is 3.75. The first-order valence-corrected chi connectivity index (χ1v) is 20.9. The molecular formula is C45H53N11O6. The molecule has 2 aliphatic heterocycles. The molecule has 0 spiro atoms. The standard InChI is InChI=1S/C44H51N11O4.CH2O2/c1-26-20-29(8-12-34(26)27(2)48-41(58)42-52-43(53-59-42)44(3,4)5)36-23-38(47-25-46-36)50-37-14-11-32(24-45-37)54-16-18-55(19-17-54)33-21-30(22-33)28-6-9-31(10-7-28)49-35-13-15-39(56)51-40(35)57;2-1-3/h6-12,14,20,23-25,27,30,33,35,49H,13,15-19,21-22H2,1-5H3,(H,48,58)(H,51,56,57)(H,45,46,47,50);1H,(H,2,3)/t27-,30?,33?,35-;/m1./s1. The van der Waals surface area contributed by atoms with Gasteiger partial charge in [0.15, 0.2) is 5.82 Å². The number of anilines is 4. The molecule has 2 saturated heterocycles. The van der Waals surface area contributed by atoms with Crippen LogP contribution < -0.4 is 26.2 Å². The number of carboxylic acid groups (broad SMARTS) is 1. The minimum absolute atomic E-state index is 0.0520. The number of pyridine rings is 1. The third kappa shape index (κ3) is 10.4. The molecule has 0 unspecified atom stereocenters. The Bertz CT molecular complexity index is 2370. The predicted molar refractivity (Wildman–Crippen MR) is 233 cm³/mol. The maximum atomic E-state index is 12.8. The number of aromatic nitrogens is 5. The Hall–Kier alpha value is -6.75. The molecule has 5 heterocycles. The van der Waals surface area contributed by atoms with Gasteiger partial charge in [-0.2, -0.15) is 4.98 Å². The zero-order valence-corrected chi connectivity index (χ0v) is 35.6. The zero-order chi connectivity index (χ0) is 44.0. The number of nitrogens with zero attached hydrogens (tertiary/aromatic N) is 7. The number of carbonyl (C=O) groups excluding carboxylic acids is 3. The first-order chi connectivity index (χ1) is 29.8. The molecule has 0 bridgehead atoms. The lowest BCUT2D eigenvalue weighted by Crippen LogP contribution is -2.53. The van der Waals surface area contributed by atoms with E-state index in [1.165, 1.54) is 11.9 Å². The van der Waals surface area contributed by atoms with Crippen LogP contribution in [0.15, 0.2) is 77.7 Å². The van der Waals surface area contributed by atoms with Gasteiger partial charge in [-0.05, 0) is 86.1 Å². The number of piperazine rings is 1. The van der Waals surface area contributed by atoms with Gasteiger partial charge in [0.1, 0.15) is 24.0 Å². The van der Waals surface area contributed by atoms with Crippen LogP contribution in [0.1, 0.15) is 98.5 Å². The molecule has 3 amide bonds. The largest absolute Gasteiger partial charge is 0.483 e. The van der Waals surface area contributed by atoms with Crippen molar-refractivity contribution < 1.29 is 28.8 Å². The molecule has 2 atom stereocenters. The van der Waals surface area contributed by atoms with Gasteiger partial charge in [-0.1, -0.05) is 50.2 Å². The number of hydrogen-bond donors (Lipinski definition) is 5. The fraction of sp³-hybridized carbons (Fsp3) is 0.400. The van der Waals surface area contributed by atoms with Gasteiger partial charge in [-0.3, -0.25) is 29.4 Å². The highest BCUT2D eigenvalue weighted by Crippen LogP contribution is 2.40. The Kier molecular flexibility index (Phi) is 13.2. The molecular weight excluding hydrogens is 791 g/mol. The SMILES string of the molecule is Cc1cc(-c2cc(Nc3ccc(N4CCN(C5CC(c6ccc(N[C@@H]7CCC(=O)NC7=O)cc6)C5)CC4)cn3)ncn2)ccc1[C@@H](C)NC(=O)c1nc(C(C)(C)C)no1.O=CO. The van der Waals surface area contributed by atoms with Crippen LogP contribution in [0.25, 0.3) is 11.3 Å². The Balaban J connectivity index is 0.00000187. The molecule has 62 heavy (non-hydrogen) atoms. The van der Waals surface area contributed by atoms with E-state index in [1.807, 2.05) is 77.2 Å². The van der Waals surface area contributed by atoms with Crippen molar-refractivity contribution in [3.05, 3.63) is 102 Å². The molecule has 1 aliphatic carbocycles. The smallest absolute Gasteiger partial charge is 0.315 e. The van der Waals surface area contributed by atoms with E-state index in [0.717, 1.165) is 72.8 Å². The molecule has 1 saturated carbocycles. The summed E-state index contributed by atoms with van der Waals surface area (Å²) in [6.45, 7) is 13.5. The molecule has 324 valence electrons. The van der Waals surface area contributed by atoms with Gasteiger partial charge in [0.05, 0.1) is 23.6 Å². The number of aryl methyl sites for hydroxylation is 1. The summed E-state index contributed by atoms with van der Waals surface area (Å²) in [6, 6.07) is 20.4. The Morgan fingerprint density at radius 3 is 2.35 bits per heavy atom. The van der Waals surface area contributed by atoms with Crippen molar-refractivity contribution in [3.63, 3.8) is 0 Å². The number of amides is 3. The van der Waals surface area contributed by atoms with E-state index in [1.54, 1.807) is 0 Å². The van der Waals surface area contributed by atoms with Crippen LogP contribution in [0, 0.1) is 6.92 Å². The summed E-state index contributed by atoms with van der Waals surface area (Å²) in [5, 5.41) is 22.8. The number of imide groups is 1. The van der Waals surface area contributed by atoms with E-state index in [9.17, 15) is 14.4 Å². The van der Waals surface area contributed by atoms with Crippen molar-refractivity contribution >= 4 is 47.2 Å². The van der Waals surface area contributed by atoms with E-state index in [0.29, 0.717) is 42.3 Å². The van der Waals surface area contributed by atoms with Gasteiger partial charge in [0.2, 0.25) is 11.8 Å². The van der Waals surface area contributed by atoms with Crippen molar-refractivity contribution in [1.29, 1.82) is 0 Å². The van der Waals surface area contributed by atoms with Gasteiger partial charge >= 0.3 is 11.8 Å². The van der Waals surface area contributed by atoms with Crippen molar-refractivity contribution in [2.75, 3.05) is 41.7 Å². The summed E-state index contributed by atoms with van der Waals surface area (Å²) in [7, 11) is 0. The maximum absolute atomic E-state index is 12.8. The molecule has 0 radical (unpaired) electrons. The Morgan fingerprint density at radius 2 is 1.71 bits per heavy atom. The Morgan fingerprint density at radius 1 is 0.968 bits per heavy atom. The average molecular weight is 844 g/mol. The van der Waals surface area contributed by atoms with Gasteiger partial charge in [-0.25, -0.2) is 15.0 Å². The first kappa shape index (κ1) is 43.3. The molecule has 3 aromatic heterocycles. The van der Waals surface area contributed by atoms with Crippen LogP contribution in [0.2, 0.25) is 0 Å². The van der Waals surface area contributed by atoms with E-state index in [-0.39, 0.29) is 41.7 Å². The van der Waals surface area contributed by atoms with E-state index < -0.39 is 5.91 Å². The number of carbonyl (C=O) groups is 4. The van der Waals surface area contributed by atoms with Gasteiger partial charge in [0, 0.05) is 61.4 Å². The molecule has 2 aromatic carbocycles. The number of benzene rings is 2. The van der Waals surface area contributed by atoms with Crippen molar-refractivity contribution in [1.82, 2.24) is 40.6 Å². The molecule has 5 aromatic rings. The lowest BCUT2D eigenvalue weighted by Gasteiger charge is -2.47. The summed E-state index contributed by atoms with van der Waals surface area (Å²) in [4.78, 5) is 67.7. The van der Waals surface area contributed by atoms with Crippen LogP contribution in [0.5, 0.6) is 0 Å². The number of hydrogen-bond acceptors (Lipinski definition) is 14. The monoisotopic (exact) mass is 843 g/mol. The van der Waals surface area contributed by atoms with Crippen LogP contribution in [0.3, 0.4) is 0 Å². The molecule has 5 N–H and O–H groups in total. The predicted octanol–water partition coefficient (Wildman–Crippen LogP) is 5.75. The summed E-state index contributed by atoms with van der Waals surface area (Å²) >= 11 is 0. The fourth-order valence-electron chi connectivity index (χ4n) is 8.03. The highest BCUT2D eigenvalue weighted by atomic mass is 16.5. The quantitative estimate of drug-likeness (QED) is 0.0790. The molecule has 17 nitrogen and oxygen atoms in total. The minimum Gasteiger partial charge on any atom is -0.483 e. The Labute approximate surface area is 360 Å². The van der Waals surface area contributed by atoms with Gasteiger partial charge in [-0.15, -0.1) is 0 Å². The summed E-state index contributed by atoms with van der Waals surface area (Å²) in [6.07, 6.45) is 6.64. The molecule has 3 fully saturated rings. The second-order valence-electron chi connectivity index (χ2n) is 17.0.